The molecular formula is C16H16ClN3O4. The standard InChI is InChI=1S/C16H16ClN3O4/c17-13-3-1-2-12(10-13)11-18-6-8-19(9-7-18)16(21)14-4-5-15(24-14)20(22)23/h1-5,10H,6-9,11H2. The largest absolute Gasteiger partial charge is 0.433 e. The van der Waals surface area contributed by atoms with Crippen molar-refractivity contribution in [1.82, 2.24) is 9.80 Å². The number of piperazine rings is 1. The number of halogens is 1. The van der Waals surface area contributed by atoms with E-state index in [0.29, 0.717) is 18.1 Å². The molecule has 0 radical (unpaired) electrons. The third-order valence-electron chi connectivity index (χ3n) is 3.94. The van der Waals surface area contributed by atoms with Crippen LogP contribution in [0, 0.1) is 10.1 Å². The lowest BCUT2D eigenvalue weighted by molar-refractivity contribution is -0.402. The van der Waals surface area contributed by atoms with Crippen LogP contribution in [0.1, 0.15) is 16.1 Å². The van der Waals surface area contributed by atoms with Crippen LogP contribution in [-0.2, 0) is 6.54 Å². The Morgan fingerprint density at radius 1 is 1.21 bits per heavy atom. The van der Waals surface area contributed by atoms with Gasteiger partial charge in [0.2, 0.25) is 0 Å². The van der Waals surface area contributed by atoms with E-state index in [9.17, 15) is 14.9 Å². The second-order valence-corrected chi connectivity index (χ2v) is 6.03. The van der Waals surface area contributed by atoms with Crippen LogP contribution in [-0.4, -0.2) is 46.8 Å². The van der Waals surface area contributed by atoms with E-state index in [2.05, 4.69) is 4.90 Å². The van der Waals surface area contributed by atoms with E-state index in [0.717, 1.165) is 25.2 Å². The summed E-state index contributed by atoms with van der Waals surface area (Å²) in [5.41, 5.74) is 1.13. The first-order valence-electron chi connectivity index (χ1n) is 7.53. The van der Waals surface area contributed by atoms with Gasteiger partial charge in [-0.1, -0.05) is 23.7 Å². The van der Waals surface area contributed by atoms with Crippen LogP contribution >= 0.6 is 11.6 Å². The zero-order valence-corrected chi connectivity index (χ0v) is 13.6. The number of amides is 1. The van der Waals surface area contributed by atoms with Gasteiger partial charge in [-0.25, -0.2) is 0 Å². The Labute approximate surface area is 143 Å². The molecule has 2 aromatic rings. The summed E-state index contributed by atoms with van der Waals surface area (Å²) in [6, 6.07) is 10.2. The number of nitrogens with zero attached hydrogens (tertiary/aromatic N) is 3. The fourth-order valence-corrected chi connectivity index (χ4v) is 2.91. The highest BCUT2D eigenvalue weighted by Crippen LogP contribution is 2.19. The Morgan fingerprint density at radius 3 is 2.58 bits per heavy atom. The molecule has 1 saturated heterocycles. The molecule has 0 N–H and O–H groups in total. The number of carbonyl (C=O) groups excluding carboxylic acids is 1. The molecule has 1 fully saturated rings. The van der Waals surface area contributed by atoms with Gasteiger partial charge in [0.1, 0.15) is 4.92 Å². The van der Waals surface area contributed by atoms with Crippen molar-refractivity contribution in [3.8, 4) is 0 Å². The first kappa shape index (κ1) is 16.5. The van der Waals surface area contributed by atoms with Gasteiger partial charge in [-0.3, -0.25) is 19.8 Å². The minimum atomic E-state index is -0.653. The van der Waals surface area contributed by atoms with Gasteiger partial charge in [-0.2, -0.15) is 0 Å². The molecule has 0 unspecified atom stereocenters. The van der Waals surface area contributed by atoms with Gasteiger partial charge in [0.05, 0.1) is 6.07 Å². The van der Waals surface area contributed by atoms with Crippen LogP contribution < -0.4 is 0 Å². The molecular weight excluding hydrogens is 334 g/mol. The van der Waals surface area contributed by atoms with Gasteiger partial charge in [0, 0.05) is 37.7 Å². The van der Waals surface area contributed by atoms with Crippen molar-refractivity contribution in [2.45, 2.75) is 6.54 Å². The minimum Gasteiger partial charge on any atom is -0.395 e. The summed E-state index contributed by atoms with van der Waals surface area (Å²) in [6.07, 6.45) is 0. The van der Waals surface area contributed by atoms with Gasteiger partial charge in [0.15, 0.2) is 5.76 Å². The van der Waals surface area contributed by atoms with Crippen LogP contribution in [0.2, 0.25) is 5.02 Å². The molecule has 1 aliphatic rings. The summed E-state index contributed by atoms with van der Waals surface area (Å²) >= 11 is 5.99. The van der Waals surface area contributed by atoms with Crippen LogP contribution in [0.5, 0.6) is 0 Å². The van der Waals surface area contributed by atoms with Crippen LogP contribution in [0.25, 0.3) is 0 Å². The predicted molar refractivity (Wildman–Crippen MR) is 88.0 cm³/mol. The van der Waals surface area contributed by atoms with Crippen molar-refractivity contribution in [3.63, 3.8) is 0 Å². The molecule has 0 atom stereocenters. The summed E-state index contributed by atoms with van der Waals surface area (Å²) in [7, 11) is 0. The molecule has 1 amide bonds. The van der Waals surface area contributed by atoms with E-state index in [1.165, 1.54) is 12.1 Å². The molecule has 7 nitrogen and oxygen atoms in total. The normalized spacial score (nSPS) is 15.5. The van der Waals surface area contributed by atoms with Crippen molar-refractivity contribution >= 4 is 23.4 Å². The van der Waals surface area contributed by atoms with Gasteiger partial charge in [-0.05, 0) is 23.8 Å². The summed E-state index contributed by atoms with van der Waals surface area (Å²) < 4.78 is 4.98. The number of furan rings is 1. The third kappa shape index (κ3) is 3.74. The zero-order valence-electron chi connectivity index (χ0n) is 12.9. The van der Waals surface area contributed by atoms with Crippen molar-refractivity contribution in [3.05, 3.63) is 62.9 Å². The van der Waals surface area contributed by atoms with Crippen molar-refractivity contribution < 1.29 is 14.1 Å². The van der Waals surface area contributed by atoms with Gasteiger partial charge >= 0.3 is 5.88 Å². The maximum absolute atomic E-state index is 12.3. The van der Waals surface area contributed by atoms with E-state index in [1.54, 1.807) is 4.90 Å². The smallest absolute Gasteiger partial charge is 0.395 e. The number of rotatable bonds is 4. The summed E-state index contributed by atoms with van der Waals surface area (Å²) in [5.74, 6) is -0.728. The second-order valence-electron chi connectivity index (χ2n) is 5.59. The Balaban J connectivity index is 1.56. The molecule has 0 bridgehead atoms. The van der Waals surface area contributed by atoms with Crippen LogP contribution in [0.4, 0.5) is 5.88 Å². The van der Waals surface area contributed by atoms with Gasteiger partial charge < -0.3 is 9.32 Å². The SMILES string of the molecule is O=C(c1ccc([N+](=O)[O-])o1)N1CCN(Cc2cccc(Cl)c2)CC1. The van der Waals surface area contributed by atoms with E-state index >= 15 is 0 Å². The van der Waals surface area contributed by atoms with E-state index in [-0.39, 0.29) is 11.7 Å². The first-order chi connectivity index (χ1) is 11.5. The maximum Gasteiger partial charge on any atom is 0.433 e. The fraction of sp³-hybridized carbons (Fsp3) is 0.312. The highest BCUT2D eigenvalue weighted by Gasteiger charge is 2.26. The van der Waals surface area contributed by atoms with E-state index < -0.39 is 10.8 Å². The molecule has 2 heterocycles. The first-order valence-corrected chi connectivity index (χ1v) is 7.91. The van der Waals surface area contributed by atoms with Gasteiger partial charge in [-0.15, -0.1) is 0 Å². The zero-order chi connectivity index (χ0) is 17.1. The Kier molecular flexibility index (Phi) is 4.82. The highest BCUT2D eigenvalue weighted by molar-refractivity contribution is 6.30. The maximum atomic E-state index is 12.3. The predicted octanol–water partition coefficient (Wildman–Crippen LogP) is 2.80. The molecule has 0 saturated carbocycles. The number of benzene rings is 1. The summed E-state index contributed by atoms with van der Waals surface area (Å²) in [4.78, 5) is 26.2. The lowest BCUT2D eigenvalue weighted by Gasteiger charge is -2.34. The molecule has 3 rings (SSSR count). The molecule has 1 aliphatic heterocycles. The topological polar surface area (TPSA) is 79.8 Å². The van der Waals surface area contributed by atoms with Crippen LogP contribution in [0.3, 0.4) is 0 Å². The fourth-order valence-electron chi connectivity index (χ4n) is 2.70. The van der Waals surface area contributed by atoms with E-state index in [1.807, 2.05) is 24.3 Å². The molecule has 126 valence electrons. The van der Waals surface area contributed by atoms with E-state index in [4.69, 9.17) is 16.0 Å². The minimum absolute atomic E-state index is 0.00462. The summed E-state index contributed by atoms with van der Waals surface area (Å²) in [6.45, 7) is 3.32. The Hall–Kier alpha value is -2.38. The second kappa shape index (κ2) is 7.02. The van der Waals surface area contributed by atoms with Crippen molar-refractivity contribution in [2.24, 2.45) is 0 Å². The lowest BCUT2D eigenvalue weighted by Crippen LogP contribution is -2.48. The summed E-state index contributed by atoms with van der Waals surface area (Å²) in [5, 5.41) is 11.3. The number of carbonyl (C=O) groups is 1. The molecule has 8 heteroatoms. The van der Waals surface area contributed by atoms with Crippen molar-refractivity contribution in [2.75, 3.05) is 26.2 Å². The Morgan fingerprint density at radius 2 is 1.96 bits per heavy atom. The average molecular weight is 350 g/mol. The monoisotopic (exact) mass is 349 g/mol. The van der Waals surface area contributed by atoms with Gasteiger partial charge in [0.25, 0.3) is 5.91 Å². The number of nitro groups is 1. The third-order valence-corrected chi connectivity index (χ3v) is 4.17. The average Bonchev–Trinajstić information content (AvgIpc) is 3.05. The van der Waals surface area contributed by atoms with Crippen LogP contribution in [0.15, 0.2) is 40.8 Å². The highest BCUT2D eigenvalue weighted by atomic mass is 35.5. The molecule has 24 heavy (non-hydrogen) atoms. The van der Waals surface area contributed by atoms with Crippen molar-refractivity contribution in [1.29, 1.82) is 0 Å². The molecule has 0 aliphatic carbocycles. The molecule has 1 aromatic heterocycles. The quantitative estimate of drug-likeness (QED) is 0.626. The lowest BCUT2D eigenvalue weighted by atomic mass is 10.2. The number of hydrogen-bond donors (Lipinski definition) is 0. The Bertz CT molecular complexity index is 753. The molecule has 0 spiro atoms. The number of hydrogen-bond acceptors (Lipinski definition) is 5. The molecule has 1 aromatic carbocycles.